The molecule has 0 aromatic heterocycles. The molecule has 166 valence electrons. The van der Waals surface area contributed by atoms with E-state index in [9.17, 15) is 14.7 Å². The van der Waals surface area contributed by atoms with Gasteiger partial charge < -0.3 is 19.5 Å². The van der Waals surface area contributed by atoms with Crippen molar-refractivity contribution in [2.24, 2.45) is 11.8 Å². The lowest BCUT2D eigenvalue weighted by Crippen LogP contribution is -2.52. The summed E-state index contributed by atoms with van der Waals surface area (Å²) < 4.78 is 10.9. The number of carbonyl (C=O) groups is 2. The van der Waals surface area contributed by atoms with Crippen molar-refractivity contribution in [2.45, 2.75) is 32.3 Å². The van der Waals surface area contributed by atoms with E-state index in [1.807, 2.05) is 48.5 Å². The van der Waals surface area contributed by atoms with Gasteiger partial charge in [0.1, 0.15) is 5.60 Å². The van der Waals surface area contributed by atoms with Crippen molar-refractivity contribution in [3.63, 3.8) is 0 Å². The molecular weight excluding hydrogens is 394 g/mol. The molecule has 1 fully saturated rings. The number of methoxy groups -OCH3 is 1. The molecule has 1 saturated heterocycles. The third-order valence-corrected chi connectivity index (χ3v) is 5.54. The van der Waals surface area contributed by atoms with Gasteiger partial charge in [-0.3, -0.25) is 4.79 Å². The Morgan fingerprint density at radius 1 is 1.03 bits per heavy atom. The standard InChI is InChI=1S/C25H31NO5/c1-25(2,3)31-24(29)26-14-20(16-30-4)22(21(15-26)23(27)28)19-12-8-11-18(13-19)17-9-6-5-7-10-17/h5-13,20-22H,14-16H2,1-4H3,(H,27,28)/t20?,21-,22-/m0/s1. The van der Waals surface area contributed by atoms with Gasteiger partial charge in [-0.25, -0.2) is 4.79 Å². The predicted octanol–water partition coefficient (Wildman–Crippen LogP) is 4.65. The van der Waals surface area contributed by atoms with Crippen LogP contribution in [0.25, 0.3) is 11.1 Å². The van der Waals surface area contributed by atoms with Gasteiger partial charge in [0, 0.05) is 32.0 Å². The highest BCUT2D eigenvalue weighted by Crippen LogP contribution is 2.39. The zero-order chi connectivity index (χ0) is 22.6. The predicted molar refractivity (Wildman–Crippen MR) is 119 cm³/mol. The van der Waals surface area contributed by atoms with E-state index < -0.39 is 23.6 Å². The van der Waals surface area contributed by atoms with Crippen LogP contribution in [0.3, 0.4) is 0 Å². The summed E-state index contributed by atoms with van der Waals surface area (Å²) in [5.74, 6) is -2.13. The highest BCUT2D eigenvalue weighted by molar-refractivity contribution is 5.75. The minimum Gasteiger partial charge on any atom is -0.481 e. The number of carbonyl (C=O) groups excluding carboxylic acids is 1. The molecule has 0 aliphatic carbocycles. The van der Waals surface area contributed by atoms with Gasteiger partial charge in [0.2, 0.25) is 0 Å². The number of rotatable bonds is 5. The molecule has 0 radical (unpaired) electrons. The minimum atomic E-state index is -0.926. The van der Waals surface area contributed by atoms with E-state index >= 15 is 0 Å². The van der Waals surface area contributed by atoms with Crippen molar-refractivity contribution in [3.8, 4) is 11.1 Å². The van der Waals surface area contributed by atoms with Crippen molar-refractivity contribution >= 4 is 12.1 Å². The normalized spacial score (nSPS) is 21.5. The minimum absolute atomic E-state index is 0.102. The molecule has 1 heterocycles. The number of hydrogen-bond donors (Lipinski definition) is 1. The molecule has 2 aromatic carbocycles. The summed E-state index contributed by atoms with van der Waals surface area (Å²) in [6.07, 6.45) is -0.490. The van der Waals surface area contributed by atoms with Gasteiger partial charge in [0.05, 0.1) is 12.5 Å². The molecule has 0 spiro atoms. The Hall–Kier alpha value is -2.86. The third kappa shape index (κ3) is 5.64. The first kappa shape index (κ1) is 22.8. The zero-order valence-corrected chi connectivity index (χ0v) is 18.6. The molecule has 1 N–H and O–H groups in total. The third-order valence-electron chi connectivity index (χ3n) is 5.54. The van der Waals surface area contributed by atoms with Gasteiger partial charge in [-0.05, 0) is 37.5 Å². The van der Waals surface area contributed by atoms with Crippen LogP contribution in [0.1, 0.15) is 32.3 Å². The van der Waals surface area contributed by atoms with Crippen molar-refractivity contribution in [3.05, 3.63) is 60.2 Å². The van der Waals surface area contributed by atoms with Crippen LogP contribution >= 0.6 is 0 Å². The number of hydrogen-bond acceptors (Lipinski definition) is 4. The highest BCUT2D eigenvalue weighted by atomic mass is 16.6. The lowest BCUT2D eigenvalue weighted by molar-refractivity contribution is -0.145. The molecule has 2 aromatic rings. The first-order valence-electron chi connectivity index (χ1n) is 10.5. The molecule has 1 aliphatic heterocycles. The summed E-state index contributed by atoms with van der Waals surface area (Å²) in [6, 6.07) is 18.0. The van der Waals surface area contributed by atoms with E-state index in [-0.39, 0.29) is 18.4 Å². The Balaban J connectivity index is 1.95. The van der Waals surface area contributed by atoms with Gasteiger partial charge in [-0.15, -0.1) is 0 Å². The summed E-state index contributed by atoms with van der Waals surface area (Å²) in [6.45, 7) is 6.23. The van der Waals surface area contributed by atoms with E-state index in [1.165, 1.54) is 4.90 Å². The number of nitrogens with zero attached hydrogens (tertiary/aromatic N) is 1. The molecule has 31 heavy (non-hydrogen) atoms. The number of aliphatic carboxylic acids is 1. The molecule has 6 heteroatoms. The van der Waals surface area contributed by atoms with Crippen molar-refractivity contribution in [2.75, 3.05) is 26.8 Å². The molecule has 3 rings (SSSR count). The summed E-state index contributed by atoms with van der Waals surface area (Å²) >= 11 is 0. The maximum atomic E-state index is 12.7. The lowest BCUT2D eigenvalue weighted by atomic mass is 9.73. The zero-order valence-electron chi connectivity index (χ0n) is 18.6. The fourth-order valence-corrected chi connectivity index (χ4v) is 4.29. The molecule has 1 aliphatic rings. The number of carboxylic acids is 1. The number of likely N-dealkylation sites (tertiary alicyclic amines) is 1. The van der Waals surface area contributed by atoms with Gasteiger partial charge >= 0.3 is 12.1 Å². The second-order valence-corrected chi connectivity index (χ2v) is 9.06. The molecule has 6 nitrogen and oxygen atoms in total. The van der Waals surface area contributed by atoms with Crippen LogP contribution in [0.4, 0.5) is 4.79 Å². The van der Waals surface area contributed by atoms with E-state index in [0.29, 0.717) is 13.2 Å². The molecule has 0 bridgehead atoms. The monoisotopic (exact) mass is 425 g/mol. The largest absolute Gasteiger partial charge is 0.481 e. The fourth-order valence-electron chi connectivity index (χ4n) is 4.29. The maximum absolute atomic E-state index is 12.7. The van der Waals surface area contributed by atoms with Gasteiger partial charge in [-0.1, -0.05) is 54.6 Å². The van der Waals surface area contributed by atoms with Gasteiger partial charge in [0.25, 0.3) is 0 Å². The molecule has 0 saturated carbocycles. The van der Waals surface area contributed by atoms with E-state index in [2.05, 4.69) is 6.07 Å². The van der Waals surface area contributed by atoms with Crippen LogP contribution in [-0.2, 0) is 14.3 Å². The van der Waals surface area contributed by atoms with Crippen molar-refractivity contribution in [1.82, 2.24) is 4.90 Å². The van der Waals surface area contributed by atoms with Crippen LogP contribution in [0.2, 0.25) is 0 Å². The quantitative estimate of drug-likeness (QED) is 0.755. The Labute approximate surface area is 183 Å². The summed E-state index contributed by atoms with van der Waals surface area (Å²) in [7, 11) is 1.60. The number of amides is 1. The number of benzene rings is 2. The van der Waals surface area contributed by atoms with Crippen LogP contribution in [0, 0.1) is 11.8 Å². The van der Waals surface area contributed by atoms with Gasteiger partial charge in [-0.2, -0.15) is 0 Å². The highest BCUT2D eigenvalue weighted by Gasteiger charge is 2.44. The van der Waals surface area contributed by atoms with Crippen LogP contribution < -0.4 is 0 Å². The van der Waals surface area contributed by atoms with Crippen molar-refractivity contribution in [1.29, 1.82) is 0 Å². The summed E-state index contributed by atoms with van der Waals surface area (Å²) in [5.41, 5.74) is 2.41. The van der Waals surface area contributed by atoms with Crippen LogP contribution in [-0.4, -0.2) is 54.5 Å². The molecule has 3 atom stereocenters. The van der Waals surface area contributed by atoms with Crippen LogP contribution in [0.15, 0.2) is 54.6 Å². The van der Waals surface area contributed by atoms with Crippen LogP contribution in [0.5, 0.6) is 0 Å². The Bertz CT molecular complexity index is 906. The first-order chi connectivity index (χ1) is 14.7. The number of piperidine rings is 1. The maximum Gasteiger partial charge on any atom is 0.410 e. The molecule has 1 amide bonds. The van der Waals surface area contributed by atoms with Gasteiger partial charge in [0.15, 0.2) is 0 Å². The smallest absolute Gasteiger partial charge is 0.410 e. The fraction of sp³-hybridized carbons (Fsp3) is 0.440. The Kier molecular flexibility index (Phi) is 7.01. The first-order valence-corrected chi connectivity index (χ1v) is 10.5. The second-order valence-electron chi connectivity index (χ2n) is 9.06. The lowest BCUT2D eigenvalue weighted by Gasteiger charge is -2.42. The van der Waals surface area contributed by atoms with E-state index in [0.717, 1.165) is 16.7 Å². The second kappa shape index (κ2) is 9.52. The molecular formula is C25H31NO5. The van der Waals surface area contributed by atoms with E-state index in [1.54, 1.807) is 27.9 Å². The topological polar surface area (TPSA) is 76.1 Å². The average Bonchev–Trinajstić information content (AvgIpc) is 2.73. The average molecular weight is 426 g/mol. The van der Waals surface area contributed by atoms with E-state index in [4.69, 9.17) is 9.47 Å². The Morgan fingerprint density at radius 2 is 1.71 bits per heavy atom. The SMILES string of the molecule is COCC1CN(C(=O)OC(C)(C)C)C[C@H](C(=O)O)[C@H]1c1cccc(-c2ccccc2)c1. The molecule has 1 unspecified atom stereocenters. The number of ether oxygens (including phenoxy) is 2. The van der Waals surface area contributed by atoms with Crippen molar-refractivity contribution < 1.29 is 24.2 Å². The summed E-state index contributed by atoms with van der Waals surface area (Å²) in [5, 5.41) is 10.1. The number of carboxylic acid groups (broad SMARTS) is 1. The summed E-state index contributed by atoms with van der Waals surface area (Å²) in [4.78, 5) is 26.5. The Morgan fingerprint density at radius 3 is 2.32 bits per heavy atom.